The summed E-state index contributed by atoms with van der Waals surface area (Å²) in [5.74, 6) is 1.17. The van der Waals surface area contributed by atoms with Crippen molar-refractivity contribution in [3.8, 4) is 0 Å². The number of nitrogens with zero attached hydrogens (tertiary/aromatic N) is 1. The molecule has 0 saturated carbocycles. The molecule has 2 N–H and O–H groups in total. The van der Waals surface area contributed by atoms with Crippen LogP contribution in [0.2, 0.25) is 0 Å². The van der Waals surface area contributed by atoms with Gasteiger partial charge in [0.1, 0.15) is 4.99 Å². The molecule has 1 unspecified atom stereocenters. The van der Waals surface area contributed by atoms with Crippen LogP contribution in [-0.4, -0.2) is 35.0 Å². The second-order valence-electron chi connectivity index (χ2n) is 4.50. The zero-order valence-electron chi connectivity index (χ0n) is 11.3. The van der Waals surface area contributed by atoms with Gasteiger partial charge in [-0.05, 0) is 31.4 Å². The van der Waals surface area contributed by atoms with Crippen molar-refractivity contribution in [2.24, 2.45) is 5.73 Å². The lowest BCUT2D eigenvalue weighted by molar-refractivity contribution is 0.248. The van der Waals surface area contributed by atoms with Gasteiger partial charge in [0, 0.05) is 23.9 Å². The molecule has 0 spiro atoms. The molecule has 0 amide bonds. The minimum absolute atomic E-state index is 0.468. The first kappa shape index (κ1) is 15.5. The average Bonchev–Trinajstić information content (AvgIpc) is 2.36. The molecule has 1 aromatic rings. The van der Waals surface area contributed by atoms with E-state index in [0.29, 0.717) is 11.0 Å². The summed E-state index contributed by atoms with van der Waals surface area (Å²) < 4.78 is 0. The van der Waals surface area contributed by atoms with Crippen molar-refractivity contribution < 1.29 is 0 Å². The first-order valence-electron chi connectivity index (χ1n) is 6.16. The van der Waals surface area contributed by atoms with Crippen LogP contribution in [0.5, 0.6) is 0 Å². The molecular weight excluding hydrogens is 260 g/mol. The van der Waals surface area contributed by atoms with Crippen molar-refractivity contribution >= 4 is 29.0 Å². The Balaban J connectivity index is 2.71. The molecule has 0 aliphatic carbocycles. The van der Waals surface area contributed by atoms with Crippen LogP contribution in [0.4, 0.5) is 0 Å². The van der Waals surface area contributed by atoms with Crippen molar-refractivity contribution in [2.75, 3.05) is 19.1 Å². The predicted octanol–water partition coefficient (Wildman–Crippen LogP) is 2.89. The molecule has 4 heteroatoms. The maximum absolute atomic E-state index is 5.66. The van der Waals surface area contributed by atoms with Gasteiger partial charge in [-0.3, -0.25) is 4.90 Å². The molecule has 0 fully saturated rings. The van der Waals surface area contributed by atoms with Crippen LogP contribution in [0.25, 0.3) is 0 Å². The lowest BCUT2D eigenvalue weighted by Gasteiger charge is -2.26. The molecule has 2 nitrogen and oxygen atoms in total. The molecule has 0 bridgehead atoms. The molecule has 18 heavy (non-hydrogen) atoms. The van der Waals surface area contributed by atoms with Gasteiger partial charge < -0.3 is 5.73 Å². The zero-order valence-corrected chi connectivity index (χ0v) is 13.0. The highest BCUT2D eigenvalue weighted by Gasteiger charge is 2.12. The molecule has 0 aromatic heterocycles. The third kappa shape index (κ3) is 4.59. The van der Waals surface area contributed by atoms with Crippen LogP contribution < -0.4 is 5.73 Å². The number of thiocarbonyl (C=S) groups is 1. The molecule has 100 valence electrons. The van der Waals surface area contributed by atoms with Crippen molar-refractivity contribution in [2.45, 2.75) is 25.9 Å². The molecule has 0 aliphatic heterocycles. The quantitative estimate of drug-likeness (QED) is 0.779. The largest absolute Gasteiger partial charge is 0.389 e. The Morgan fingerprint density at radius 2 is 2.22 bits per heavy atom. The number of benzene rings is 1. The van der Waals surface area contributed by atoms with Gasteiger partial charge in [0.2, 0.25) is 0 Å². The molecule has 1 rings (SSSR count). The van der Waals surface area contributed by atoms with Gasteiger partial charge in [-0.25, -0.2) is 0 Å². The Labute approximate surface area is 120 Å². The maximum atomic E-state index is 5.66. The van der Waals surface area contributed by atoms with Crippen molar-refractivity contribution in [3.05, 3.63) is 35.4 Å². The Hall–Kier alpha value is -0.580. The monoisotopic (exact) mass is 282 g/mol. The number of nitrogens with two attached hydrogens (primary N) is 1. The molecule has 0 saturated heterocycles. The highest BCUT2D eigenvalue weighted by Crippen LogP contribution is 2.13. The van der Waals surface area contributed by atoms with Gasteiger partial charge >= 0.3 is 0 Å². The summed E-state index contributed by atoms with van der Waals surface area (Å²) in [7, 11) is 2.18. The summed E-state index contributed by atoms with van der Waals surface area (Å²) in [5.41, 5.74) is 7.88. The first-order chi connectivity index (χ1) is 8.58. The topological polar surface area (TPSA) is 29.3 Å². The highest BCUT2D eigenvalue weighted by atomic mass is 32.2. The van der Waals surface area contributed by atoms with E-state index in [1.807, 2.05) is 23.9 Å². The Morgan fingerprint density at radius 1 is 1.50 bits per heavy atom. The third-order valence-electron chi connectivity index (χ3n) is 3.10. The van der Waals surface area contributed by atoms with E-state index in [9.17, 15) is 0 Å². The van der Waals surface area contributed by atoms with Gasteiger partial charge in [-0.15, -0.1) is 0 Å². The minimum atomic E-state index is 0.468. The van der Waals surface area contributed by atoms with E-state index >= 15 is 0 Å². The van der Waals surface area contributed by atoms with Crippen LogP contribution in [0.3, 0.4) is 0 Å². The van der Waals surface area contributed by atoms with Gasteiger partial charge in [-0.1, -0.05) is 37.3 Å². The fraction of sp³-hybridized carbons (Fsp3) is 0.500. The Bertz CT molecular complexity index is 393. The number of hydrogen-bond donors (Lipinski definition) is 1. The maximum Gasteiger partial charge on any atom is 0.103 e. The van der Waals surface area contributed by atoms with E-state index in [1.54, 1.807) is 0 Å². The van der Waals surface area contributed by atoms with Crippen LogP contribution in [0.15, 0.2) is 24.3 Å². The highest BCUT2D eigenvalue weighted by molar-refractivity contribution is 7.98. The molecule has 0 radical (unpaired) electrons. The second-order valence-corrected chi connectivity index (χ2v) is 5.85. The Kier molecular flexibility index (Phi) is 6.68. The van der Waals surface area contributed by atoms with Crippen molar-refractivity contribution in [1.82, 2.24) is 4.90 Å². The predicted molar refractivity (Wildman–Crippen MR) is 86.3 cm³/mol. The standard InChI is InChI=1S/C14H22N2S2/c1-4-13(10-18-3)16(2)9-11-6-5-7-12(8-11)14(15)17/h5-8,13H,4,9-10H2,1-3H3,(H2,15,17). The van der Waals surface area contributed by atoms with E-state index < -0.39 is 0 Å². The SMILES string of the molecule is CCC(CSC)N(C)Cc1cccc(C(N)=S)c1. The number of hydrogen-bond acceptors (Lipinski definition) is 3. The summed E-state index contributed by atoms with van der Waals surface area (Å²) in [6, 6.07) is 8.82. The fourth-order valence-electron chi connectivity index (χ4n) is 1.99. The van der Waals surface area contributed by atoms with E-state index in [4.69, 9.17) is 18.0 Å². The number of thioether (sulfide) groups is 1. The molecule has 1 aromatic carbocycles. The van der Waals surface area contributed by atoms with Crippen molar-refractivity contribution in [1.29, 1.82) is 0 Å². The van der Waals surface area contributed by atoms with E-state index in [-0.39, 0.29) is 0 Å². The lowest BCUT2D eigenvalue weighted by Crippen LogP contribution is -2.32. The molecular formula is C14H22N2S2. The first-order valence-corrected chi connectivity index (χ1v) is 7.96. The van der Waals surface area contributed by atoms with Crippen LogP contribution in [-0.2, 0) is 6.54 Å². The summed E-state index contributed by atoms with van der Waals surface area (Å²) in [5, 5.41) is 0. The smallest absolute Gasteiger partial charge is 0.103 e. The van der Waals surface area contributed by atoms with Crippen molar-refractivity contribution in [3.63, 3.8) is 0 Å². The summed E-state index contributed by atoms with van der Waals surface area (Å²) in [6.45, 7) is 3.18. The lowest BCUT2D eigenvalue weighted by atomic mass is 10.1. The van der Waals surface area contributed by atoms with E-state index in [1.165, 1.54) is 17.7 Å². The second kappa shape index (κ2) is 7.77. The van der Waals surface area contributed by atoms with Gasteiger partial charge in [0.25, 0.3) is 0 Å². The normalized spacial score (nSPS) is 12.7. The fourth-order valence-corrected chi connectivity index (χ4v) is 2.99. The summed E-state index contributed by atoms with van der Waals surface area (Å²) in [4.78, 5) is 2.87. The zero-order chi connectivity index (χ0) is 13.5. The summed E-state index contributed by atoms with van der Waals surface area (Å²) in [6.07, 6.45) is 3.33. The molecule has 0 heterocycles. The van der Waals surface area contributed by atoms with Gasteiger partial charge in [0.05, 0.1) is 0 Å². The minimum Gasteiger partial charge on any atom is -0.389 e. The third-order valence-corrected chi connectivity index (χ3v) is 4.05. The van der Waals surface area contributed by atoms with Gasteiger partial charge in [0.15, 0.2) is 0 Å². The van der Waals surface area contributed by atoms with E-state index in [0.717, 1.165) is 12.1 Å². The van der Waals surface area contributed by atoms with E-state index in [2.05, 4.69) is 37.3 Å². The van der Waals surface area contributed by atoms with Crippen LogP contribution in [0, 0.1) is 0 Å². The molecule has 1 atom stereocenters. The van der Waals surface area contributed by atoms with Crippen LogP contribution >= 0.6 is 24.0 Å². The summed E-state index contributed by atoms with van der Waals surface area (Å²) >= 11 is 6.91. The average molecular weight is 282 g/mol. The van der Waals surface area contributed by atoms with Gasteiger partial charge in [-0.2, -0.15) is 11.8 Å². The number of rotatable bonds is 7. The van der Waals surface area contributed by atoms with Crippen LogP contribution in [0.1, 0.15) is 24.5 Å². The Morgan fingerprint density at radius 3 is 2.78 bits per heavy atom. The molecule has 0 aliphatic rings.